The second kappa shape index (κ2) is 15.7. The molecule has 0 N–H and O–H groups in total. The third-order valence-corrected chi connectivity index (χ3v) is 0.384. The van der Waals surface area contributed by atoms with Crippen LogP contribution in [-0.4, -0.2) is 32.8 Å². The molecule has 5 heteroatoms. The molecule has 0 aromatic carbocycles. The largest absolute Gasteiger partial charge is 0.377 e. The van der Waals surface area contributed by atoms with Crippen LogP contribution < -0.4 is 0 Å². The summed E-state index contributed by atoms with van der Waals surface area (Å²) in [4.78, 5) is 27.3. The SMILES string of the molecule is COCC=O.O=CCN=O. The lowest BCUT2D eigenvalue weighted by Crippen LogP contribution is -1.84. The fourth-order valence-corrected chi connectivity index (χ4v) is 0.0985. The van der Waals surface area contributed by atoms with E-state index in [-0.39, 0.29) is 13.2 Å². The van der Waals surface area contributed by atoms with Crippen molar-refractivity contribution in [2.75, 3.05) is 20.3 Å². The topological polar surface area (TPSA) is 72.8 Å². The van der Waals surface area contributed by atoms with Gasteiger partial charge >= 0.3 is 0 Å². The van der Waals surface area contributed by atoms with Gasteiger partial charge < -0.3 is 14.3 Å². The number of nitroso groups, excluding NO2 is 1. The Labute approximate surface area is 58.3 Å². The molecule has 0 fully saturated rings. The molecule has 0 atom stereocenters. The summed E-state index contributed by atoms with van der Waals surface area (Å²) in [6.07, 6.45) is 1.16. The zero-order chi connectivity index (χ0) is 8.24. The van der Waals surface area contributed by atoms with Crippen molar-refractivity contribution >= 4 is 12.6 Å². The highest BCUT2D eigenvalue weighted by molar-refractivity contribution is 5.51. The predicted molar refractivity (Wildman–Crippen MR) is 34.7 cm³/mol. The van der Waals surface area contributed by atoms with Crippen LogP contribution in [0.4, 0.5) is 0 Å². The molecule has 0 aliphatic heterocycles. The predicted octanol–water partition coefficient (Wildman–Crippen LogP) is -0.217. The molecule has 0 radical (unpaired) electrons. The van der Waals surface area contributed by atoms with E-state index in [0.29, 0.717) is 12.6 Å². The van der Waals surface area contributed by atoms with Gasteiger partial charge in [0.15, 0.2) is 0 Å². The second-order valence-electron chi connectivity index (χ2n) is 1.10. The fourth-order valence-electron chi connectivity index (χ4n) is 0.0985. The first-order chi connectivity index (χ1) is 4.83. The Bertz CT molecular complexity index is 87.6. The number of hydrogen-bond donors (Lipinski definition) is 0. The van der Waals surface area contributed by atoms with E-state index in [2.05, 4.69) is 9.91 Å². The van der Waals surface area contributed by atoms with Gasteiger partial charge in [-0.2, -0.15) is 4.91 Å². The quantitative estimate of drug-likeness (QED) is 0.407. The van der Waals surface area contributed by atoms with Crippen LogP contribution in [-0.2, 0) is 14.3 Å². The zero-order valence-electron chi connectivity index (χ0n) is 5.65. The average Bonchev–Trinajstić information content (AvgIpc) is 1.93. The summed E-state index contributed by atoms with van der Waals surface area (Å²) in [5.41, 5.74) is 0. The van der Waals surface area contributed by atoms with Gasteiger partial charge in [-0.25, -0.2) is 0 Å². The lowest BCUT2D eigenvalue weighted by molar-refractivity contribution is -0.111. The van der Waals surface area contributed by atoms with Crippen molar-refractivity contribution in [3.8, 4) is 0 Å². The van der Waals surface area contributed by atoms with Crippen molar-refractivity contribution in [1.82, 2.24) is 0 Å². The van der Waals surface area contributed by atoms with Crippen LogP contribution in [0, 0.1) is 4.91 Å². The normalized spacial score (nSPS) is 6.90. The molecule has 0 amide bonds. The molecule has 0 aliphatic rings. The lowest BCUT2D eigenvalue weighted by Gasteiger charge is -1.76. The van der Waals surface area contributed by atoms with Crippen LogP contribution >= 0.6 is 0 Å². The number of ether oxygens (including phenoxy) is 1. The monoisotopic (exact) mass is 147 g/mol. The van der Waals surface area contributed by atoms with Crippen LogP contribution in [0.1, 0.15) is 0 Å². The van der Waals surface area contributed by atoms with Crippen molar-refractivity contribution in [2.24, 2.45) is 5.18 Å². The highest BCUT2D eigenvalue weighted by Crippen LogP contribution is 1.50. The molecule has 0 heterocycles. The van der Waals surface area contributed by atoms with Gasteiger partial charge in [0.1, 0.15) is 25.7 Å². The van der Waals surface area contributed by atoms with Crippen LogP contribution in [0.15, 0.2) is 5.18 Å². The van der Waals surface area contributed by atoms with Crippen molar-refractivity contribution in [2.45, 2.75) is 0 Å². The number of rotatable bonds is 4. The molecule has 0 rings (SSSR count). The third-order valence-electron chi connectivity index (χ3n) is 0.384. The van der Waals surface area contributed by atoms with Crippen molar-refractivity contribution in [3.63, 3.8) is 0 Å². The minimum Gasteiger partial charge on any atom is -0.377 e. The van der Waals surface area contributed by atoms with Gasteiger partial charge in [0.25, 0.3) is 0 Å². The van der Waals surface area contributed by atoms with Gasteiger partial charge in [-0.3, -0.25) is 0 Å². The summed E-state index contributed by atoms with van der Waals surface area (Å²) in [5, 5.41) is 2.24. The van der Waals surface area contributed by atoms with Crippen LogP contribution in [0.5, 0.6) is 0 Å². The first-order valence-electron chi connectivity index (χ1n) is 2.48. The Balaban J connectivity index is 0. The van der Waals surface area contributed by atoms with E-state index in [1.807, 2.05) is 0 Å². The van der Waals surface area contributed by atoms with Crippen LogP contribution in [0.2, 0.25) is 0 Å². The van der Waals surface area contributed by atoms with E-state index in [1.54, 1.807) is 0 Å². The number of carbonyl (C=O) groups excluding carboxylic acids is 2. The molecule has 0 aromatic heterocycles. The Morgan fingerprint density at radius 2 is 2.00 bits per heavy atom. The standard InChI is InChI=1S/C3H6O2.C2H3NO2/c1-5-3-2-4;4-2-1-3-5/h2H,3H2,1H3;2H,1H2. The van der Waals surface area contributed by atoms with Gasteiger partial charge in [-0.05, 0) is 0 Å². The van der Waals surface area contributed by atoms with E-state index in [0.717, 1.165) is 0 Å². The van der Waals surface area contributed by atoms with Crippen molar-refractivity contribution in [3.05, 3.63) is 4.91 Å². The number of nitrogens with zero attached hydrogens (tertiary/aromatic N) is 1. The molecular weight excluding hydrogens is 138 g/mol. The minimum absolute atomic E-state index is 0.208. The molecule has 58 valence electrons. The maximum absolute atomic E-state index is 9.28. The van der Waals surface area contributed by atoms with E-state index in [1.165, 1.54) is 7.11 Å². The van der Waals surface area contributed by atoms with Gasteiger partial charge in [0, 0.05) is 7.11 Å². The Morgan fingerprint density at radius 3 is 2.00 bits per heavy atom. The Morgan fingerprint density at radius 1 is 1.40 bits per heavy atom. The van der Waals surface area contributed by atoms with Gasteiger partial charge in [0.05, 0.1) is 0 Å². The smallest absolute Gasteiger partial charge is 0.145 e. The van der Waals surface area contributed by atoms with E-state index < -0.39 is 0 Å². The maximum Gasteiger partial charge on any atom is 0.145 e. The summed E-state index contributed by atoms with van der Waals surface area (Å²) >= 11 is 0. The molecule has 10 heavy (non-hydrogen) atoms. The highest BCUT2D eigenvalue weighted by atomic mass is 16.5. The second-order valence-corrected chi connectivity index (χ2v) is 1.10. The zero-order valence-corrected chi connectivity index (χ0v) is 5.65. The molecule has 0 spiro atoms. The van der Waals surface area contributed by atoms with E-state index in [4.69, 9.17) is 9.70 Å². The molecule has 0 aliphatic carbocycles. The molecule has 0 aromatic rings. The number of aldehydes is 2. The summed E-state index contributed by atoms with van der Waals surface area (Å²) in [7, 11) is 1.48. The van der Waals surface area contributed by atoms with Gasteiger partial charge in [-0.1, -0.05) is 5.18 Å². The molecule has 5 nitrogen and oxygen atoms in total. The Kier molecular flexibility index (Phi) is 18.3. The molecular formula is C5H9NO4. The molecule has 0 unspecified atom stereocenters. The van der Waals surface area contributed by atoms with Gasteiger partial charge in [0.2, 0.25) is 0 Å². The summed E-state index contributed by atoms with van der Waals surface area (Å²) < 4.78 is 4.32. The van der Waals surface area contributed by atoms with Gasteiger partial charge in [-0.15, -0.1) is 0 Å². The summed E-state index contributed by atoms with van der Waals surface area (Å²) in [6, 6.07) is 0. The third kappa shape index (κ3) is 28.6. The molecule has 0 saturated heterocycles. The van der Waals surface area contributed by atoms with Crippen molar-refractivity contribution < 1.29 is 14.3 Å². The maximum atomic E-state index is 9.28. The van der Waals surface area contributed by atoms with Crippen LogP contribution in [0.25, 0.3) is 0 Å². The molecule has 0 saturated carbocycles. The first kappa shape index (κ1) is 11.7. The van der Waals surface area contributed by atoms with E-state index >= 15 is 0 Å². The van der Waals surface area contributed by atoms with Crippen molar-refractivity contribution in [1.29, 1.82) is 0 Å². The Hall–Kier alpha value is -1.10. The minimum atomic E-state index is -0.222. The number of carbonyl (C=O) groups is 2. The number of hydrogen-bond acceptors (Lipinski definition) is 5. The summed E-state index contributed by atoms with van der Waals surface area (Å²) in [5.74, 6) is 0. The average molecular weight is 147 g/mol. The number of methoxy groups -OCH3 is 1. The molecule has 0 bridgehead atoms. The highest BCUT2D eigenvalue weighted by Gasteiger charge is 1.65. The fraction of sp³-hybridized carbons (Fsp3) is 0.600. The summed E-state index contributed by atoms with van der Waals surface area (Å²) in [6.45, 7) is -0.0139. The first-order valence-corrected chi connectivity index (χ1v) is 2.48. The van der Waals surface area contributed by atoms with E-state index in [9.17, 15) is 4.79 Å². The van der Waals surface area contributed by atoms with Crippen LogP contribution in [0.3, 0.4) is 0 Å². The lowest BCUT2D eigenvalue weighted by atomic mass is 10.8.